The minimum absolute atomic E-state index is 0.421. The molecule has 6 nitrogen and oxygen atoms in total. The predicted molar refractivity (Wildman–Crippen MR) is 118 cm³/mol. The molecule has 0 aliphatic carbocycles. The lowest BCUT2D eigenvalue weighted by atomic mass is 9.95. The first-order chi connectivity index (χ1) is 14.0. The Morgan fingerprint density at radius 1 is 1.07 bits per heavy atom. The summed E-state index contributed by atoms with van der Waals surface area (Å²) in [6.45, 7) is 5.17. The van der Waals surface area contributed by atoms with Crippen molar-refractivity contribution in [3.05, 3.63) is 71.2 Å². The van der Waals surface area contributed by atoms with Crippen LogP contribution in [0.25, 0.3) is 11.1 Å². The number of rotatable bonds is 8. The van der Waals surface area contributed by atoms with Crippen molar-refractivity contribution in [3.8, 4) is 11.1 Å². The molecule has 0 aliphatic rings. The highest BCUT2D eigenvalue weighted by Crippen LogP contribution is 2.27. The van der Waals surface area contributed by atoms with Gasteiger partial charge in [0.2, 0.25) is 0 Å². The van der Waals surface area contributed by atoms with Crippen molar-refractivity contribution in [2.24, 2.45) is 5.73 Å². The maximum Gasteiger partial charge on any atom is 0.408 e. The van der Waals surface area contributed by atoms with E-state index >= 15 is 0 Å². The van der Waals surface area contributed by atoms with Crippen LogP contribution in [-0.2, 0) is 16.9 Å². The monoisotopic (exact) mass is 410 g/mol. The number of anilines is 1. The largest absolute Gasteiger partial charge is 0.439 e. The molecule has 3 rings (SSSR count). The molecule has 0 spiro atoms. The molecular weight excluding hydrogens is 384 g/mol. The second-order valence-electron chi connectivity index (χ2n) is 7.04. The third-order valence-corrected chi connectivity index (χ3v) is 5.32. The average molecular weight is 411 g/mol. The van der Waals surface area contributed by atoms with E-state index in [1.165, 1.54) is 11.3 Å². The van der Waals surface area contributed by atoms with Crippen LogP contribution in [0.2, 0.25) is 0 Å². The predicted octanol–water partition coefficient (Wildman–Crippen LogP) is 4.34. The number of thiazole rings is 1. The van der Waals surface area contributed by atoms with Crippen LogP contribution in [0.5, 0.6) is 0 Å². The molecule has 152 valence electrons. The summed E-state index contributed by atoms with van der Waals surface area (Å²) in [7, 11) is 0. The van der Waals surface area contributed by atoms with Crippen LogP contribution < -0.4 is 16.4 Å². The minimum Gasteiger partial charge on any atom is -0.439 e. The summed E-state index contributed by atoms with van der Waals surface area (Å²) in [5.41, 5.74) is 8.87. The minimum atomic E-state index is -0.738. The van der Waals surface area contributed by atoms with E-state index in [9.17, 15) is 4.79 Å². The van der Waals surface area contributed by atoms with Crippen LogP contribution in [-0.4, -0.2) is 24.2 Å². The second kappa shape index (κ2) is 9.54. The van der Waals surface area contributed by atoms with E-state index in [2.05, 4.69) is 27.8 Å². The number of alkyl carbamates (subject to hydrolysis) is 1. The lowest BCUT2D eigenvalue weighted by molar-refractivity contribution is 0.0367. The van der Waals surface area contributed by atoms with Gasteiger partial charge in [-0.15, -0.1) is 11.3 Å². The fraction of sp³-hybridized carbons (Fsp3) is 0.273. The molecule has 1 amide bonds. The number of nitrogens with zero attached hydrogens (tertiary/aromatic N) is 1. The van der Waals surface area contributed by atoms with Gasteiger partial charge >= 0.3 is 6.09 Å². The van der Waals surface area contributed by atoms with Crippen molar-refractivity contribution in [3.63, 3.8) is 0 Å². The first-order valence-corrected chi connectivity index (χ1v) is 10.4. The summed E-state index contributed by atoms with van der Waals surface area (Å²) in [5, 5.41) is 8.62. The maximum atomic E-state index is 12.2. The van der Waals surface area contributed by atoms with E-state index in [4.69, 9.17) is 10.5 Å². The highest BCUT2D eigenvalue weighted by molar-refractivity contribution is 7.13. The van der Waals surface area contributed by atoms with Crippen LogP contribution in [0.3, 0.4) is 0 Å². The van der Waals surface area contributed by atoms with Gasteiger partial charge in [0, 0.05) is 25.0 Å². The zero-order valence-electron chi connectivity index (χ0n) is 16.6. The van der Waals surface area contributed by atoms with Gasteiger partial charge < -0.3 is 21.1 Å². The number of nitrogens with two attached hydrogens (primary N) is 1. The highest BCUT2D eigenvalue weighted by Gasteiger charge is 2.25. The van der Waals surface area contributed by atoms with Gasteiger partial charge in [0.25, 0.3) is 0 Å². The molecule has 0 fully saturated rings. The van der Waals surface area contributed by atoms with Crippen molar-refractivity contribution in [1.82, 2.24) is 10.3 Å². The number of nitrogens with one attached hydrogen (secondary N) is 2. The number of hydrogen-bond acceptors (Lipinski definition) is 6. The number of carbonyl (C=O) groups is 1. The third-order valence-electron chi connectivity index (χ3n) is 4.47. The van der Waals surface area contributed by atoms with Crippen molar-refractivity contribution in [2.45, 2.75) is 26.0 Å². The Labute approximate surface area is 175 Å². The summed E-state index contributed by atoms with van der Waals surface area (Å²) < 4.78 is 5.64. The summed E-state index contributed by atoms with van der Waals surface area (Å²) in [6, 6.07) is 18.2. The molecule has 0 atom stereocenters. The number of benzene rings is 2. The highest BCUT2D eigenvalue weighted by atomic mass is 32.1. The van der Waals surface area contributed by atoms with E-state index in [-0.39, 0.29) is 0 Å². The van der Waals surface area contributed by atoms with Crippen molar-refractivity contribution in [1.29, 1.82) is 0 Å². The number of hydrogen-bond donors (Lipinski definition) is 3. The standard InChI is InChI=1S/C22H26N4O2S/c1-22(2,18-10-8-17(9-11-18)16-6-4-3-5-7-16)28-21(27)25-13-12-24-20-26-19(14-23)15-29-20/h3-11,15H,12-14,23H2,1-2H3,(H,24,26)(H,25,27). The fourth-order valence-electron chi connectivity index (χ4n) is 2.84. The van der Waals surface area contributed by atoms with Crippen molar-refractivity contribution in [2.75, 3.05) is 18.4 Å². The van der Waals surface area contributed by atoms with Crippen molar-refractivity contribution < 1.29 is 9.53 Å². The molecule has 0 saturated heterocycles. The quantitative estimate of drug-likeness (QED) is 0.481. The molecule has 3 aromatic rings. The number of ether oxygens (including phenoxy) is 1. The lowest BCUT2D eigenvalue weighted by Crippen LogP contribution is -2.35. The molecule has 0 bridgehead atoms. The summed E-state index contributed by atoms with van der Waals surface area (Å²) >= 11 is 1.49. The van der Waals surface area contributed by atoms with Gasteiger partial charge in [-0.2, -0.15) is 0 Å². The molecule has 2 aromatic carbocycles. The van der Waals surface area contributed by atoms with Gasteiger partial charge in [-0.25, -0.2) is 9.78 Å². The number of amides is 1. The second-order valence-corrected chi connectivity index (χ2v) is 7.90. The molecule has 1 heterocycles. The molecular formula is C22H26N4O2S. The van der Waals surface area contributed by atoms with Gasteiger partial charge in [0.1, 0.15) is 5.60 Å². The molecule has 0 radical (unpaired) electrons. The Morgan fingerprint density at radius 3 is 2.41 bits per heavy atom. The zero-order valence-corrected chi connectivity index (χ0v) is 17.5. The van der Waals surface area contributed by atoms with Crippen LogP contribution in [0.4, 0.5) is 9.93 Å². The van der Waals surface area contributed by atoms with Gasteiger partial charge in [-0.3, -0.25) is 0 Å². The van der Waals surface area contributed by atoms with Gasteiger partial charge in [0.15, 0.2) is 5.13 Å². The summed E-state index contributed by atoms with van der Waals surface area (Å²) in [6.07, 6.45) is -0.453. The molecule has 0 unspecified atom stereocenters. The summed E-state index contributed by atoms with van der Waals surface area (Å²) in [5.74, 6) is 0. The third kappa shape index (κ3) is 5.79. The van der Waals surface area contributed by atoms with Gasteiger partial charge in [-0.1, -0.05) is 54.6 Å². The molecule has 0 saturated carbocycles. The molecule has 1 aromatic heterocycles. The molecule has 7 heteroatoms. The van der Waals surface area contributed by atoms with E-state index in [0.717, 1.165) is 27.5 Å². The normalized spacial score (nSPS) is 11.1. The smallest absolute Gasteiger partial charge is 0.408 e. The SMILES string of the molecule is CC(C)(OC(=O)NCCNc1nc(CN)cs1)c1ccc(-c2ccccc2)cc1. The average Bonchev–Trinajstić information content (AvgIpc) is 3.20. The molecule has 4 N–H and O–H groups in total. The Bertz CT molecular complexity index is 924. The van der Waals surface area contributed by atoms with E-state index in [1.54, 1.807) is 0 Å². The fourth-order valence-corrected chi connectivity index (χ4v) is 3.59. The molecule has 29 heavy (non-hydrogen) atoms. The van der Waals surface area contributed by atoms with Crippen LogP contribution in [0, 0.1) is 0 Å². The zero-order chi connectivity index (χ0) is 20.7. The Kier molecular flexibility index (Phi) is 6.85. The first-order valence-electron chi connectivity index (χ1n) is 9.49. The van der Waals surface area contributed by atoms with E-state index in [1.807, 2.05) is 61.7 Å². The van der Waals surface area contributed by atoms with Crippen LogP contribution in [0.1, 0.15) is 25.1 Å². The number of aromatic nitrogens is 1. The summed E-state index contributed by atoms with van der Waals surface area (Å²) in [4.78, 5) is 16.5. The van der Waals surface area contributed by atoms with E-state index < -0.39 is 11.7 Å². The first kappa shape index (κ1) is 20.8. The van der Waals surface area contributed by atoms with Crippen molar-refractivity contribution >= 4 is 22.6 Å². The van der Waals surface area contributed by atoms with Gasteiger partial charge in [-0.05, 0) is 30.5 Å². The molecule has 0 aliphatic heterocycles. The van der Waals surface area contributed by atoms with Crippen LogP contribution >= 0.6 is 11.3 Å². The van der Waals surface area contributed by atoms with Gasteiger partial charge in [0.05, 0.1) is 5.69 Å². The topological polar surface area (TPSA) is 89.3 Å². The Balaban J connectivity index is 1.48. The maximum absolute atomic E-state index is 12.2. The number of carbonyl (C=O) groups excluding carboxylic acids is 1. The Morgan fingerprint density at radius 2 is 1.76 bits per heavy atom. The van der Waals surface area contributed by atoms with E-state index in [0.29, 0.717) is 19.6 Å². The Hall–Kier alpha value is -2.90. The lowest BCUT2D eigenvalue weighted by Gasteiger charge is -2.26. The van der Waals surface area contributed by atoms with Crippen LogP contribution in [0.15, 0.2) is 60.0 Å².